The molecule has 0 amide bonds. The standard InChI is InChI=1S/C17H31N3O/c1-2-15(1)18-13-17(5-11-21-12-6-17)14-19-7-9-20(10-8-19)16-3-4-16/h15-16,18H,1-14H2. The van der Waals surface area contributed by atoms with Crippen molar-refractivity contribution in [2.24, 2.45) is 5.41 Å². The highest BCUT2D eigenvalue weighted by Gasteiger charge is 2.38. The molecule has 0 aromatic carbocycles. The maximum absolute atomic E-state index is 5.64. The molecular formula is C17H31N3O. The molecular weight excluding hydrogens is 262 g/mol. The van der Waals surface area contributed by atoms with Crippen LogP contribution in [-0.2, 0) is 4.74 Å². The van der Waals surface area contributed by atoms with E-state index in [2.05, 4.69) is 15.1 Å². The van der Waals surface area contributed by atoms with E-state index in [9.17, 15) is 0 Å². The molecule has 4 fully saturated rings. The van der Waals surface area contributed by atoms with Gasteiger partial charge in [0.2, 0.25) is 0 Å². The molecule has 2 heterocycles. The lowest BCUT2D eigenvalue weighted by Crippen LogP contribution is -2.53. The molecule has 21 heavy (non-hydrogen) atoms. The molecule has 4 rings (SSSR count). The van der Waals surface area contributed by atoms with Crippen LogP contribution in [-0.4, -0.2) is 74.4 Å². The van der Waals surface area contributed by atoms with Gasteiger partial charge in [0, 0.05) is 64.6 Å². The Morgan fingerprint density at radius 2 is 1.67 bits per heavy atom. The van der Waals surface area contributed by atoms with E-state index in [1.54, 1.807) is 0 Å². The van der Waals surface area contributed by atoms with E-state index in [-0.39, 0.29) is 0 Å². The molecule has 0 aromatic rings. The highest BCUT2D eigenvalue weighted by molar-refractivity contribution is 4.93. The monoisotopic (exact) mass is 293 g/mol. The summed E-state index contributed by atoms with van der Waals surface area (Å²) < 4.78 is 5.64. The van der Waals surface area contributed by atoms with Crippen LogP contribution in [0.2, 0.25) is 0 Å². The maximum Gasteiger partial charge on any atom is 0.0472 e. The number of nitrogens with one attached hydrogen (secondary N) is 1. The molecule has 2 saturated heterocycles. The molecule has 0 spiro atoms. The zero-order chi connectivity index (χ0) is 14.1. The summed E-state index contributed by atoms with van der Waals surface area (Å²) >= 11 is 0. The molecule has 4 heteroatoms. The Labute approximate surface area is 129 Å². The highest BCUT2D eigenvalue weighted by atomic mass is 16.5. The molecule has 120 valence electrons. The van der Waals surface area contributed by atoms with Crippen LogP contribution in [0.5, 0.6) is 0 Å². The lowest BCUT2D eigenvalue weighted by molar-refractivity contribution is -0.0130. The number of rotatable bonds is 6. The third-order valence-electron chi connectivity index (χ3n) is 5.93. The van der Waals surface area contributed by atoms with E-state index in [4.69, 9.17) is 4.74 Å². The molecule has 0 atom stereocenters. The number of piperazine rings is 1. The lowest BCUT2D eigenvalue weighted by atomic mass is 9.79. The Kier molecular flexibility index (Phi) is 4.23. The van der Waals surface area contributed by atoms with Crippen molar-refractivity contribution in [1.29, 1.82) is 0 Å². The zero-order valence-corrected chi connectivity index (χ0v) is 13.4. The van der Waals surface area contributed by atoms with Gasteiger partial charge in [0.05, 0.1) is 0 Å². The van der Waals surface area contributed by atoms with E-state index in [1.807, 2.05) is 0 Å². The first-order valence-corrected chi connectivity index (χ1v) is 9.11. The quantitative estimate of drug-likeness (QED) is 0.799. The number of nitrogens with zero attached hydrogens (tertiary/aromatic N) is 2. The van der Waals surface area contributed by atoms with Gasteiger partial charge in [0.25, 0.3) is 0 Å². The average Bonchev–Trinajstić information content (AvgIpc) is 3.40. The van der Waals surface area contributed by atoms with Crippen LogP contribution in [0.4, 0.5) is 0 Å². The summed E-state index contributed by atoms with van der Waals surface area (Å²) in [6, 6.07) is 1.78. The van der Waals surface area contributed by atoms with Gasteiger partial charge in [-0.15, -0.1) is 0 Å². The van der Waals surface area contributed by atoms with Crippen LogP contribution >= 0.6 is 0 Å². The van der Waals surface area contributed by atoms with Crippen molar-refractivity contribution >= 4 is 0 Å². The van der Waals surface area contributed by atoms with Crippen LogP contribution in [0.1, 0.15) is 38.5 Å². The van der Waals surface area contributed by atoms with Crippen LogP contribution < -0.4 is 5.32 Å². The largest absolute Gasteiger partial charge is 0.381 e. The van der Waals surface area contributed by atoms with Crippen LogP contribution in [0, 0.1) is 5.41 Å². The summed E-state index contributed by atoms with van der Waals surface area (Å²) in [6.45, 7) is 9.59. The van der Waals surface area contributed by atoms with Crippen molar-refractivity contribution in [1.82, 2.24) is 15.1 Å². The molecule has 0 radical (unpaired) electrons. The molecule has 4 nitrogen and oxygen atoms in total. The van der Waals surface area contributed by atoms with Crippen LogP contribution in [0.3, 0.4) is 0 Å². The van der Waals surface area contributed by atoms with Gasteiger partial charge >= 0.3 is 0 Å². The Balaban J connectivity index is 1.30. The molecule has 2 saturated carbocycles. The minimum Gasteiger partial charge on any atom is -0.381 e. The van der Waals surface area contributed by atoms with Crippen molar-refractivity contribution in [3.8, 4) is 0 Å². The smallest absolute Gasteiger partial charge is 0.0472 e. The van der Waals surface area contributed by atoms with E-state index >= 15 is 0 Å². The van der Waals surface area contributed by atoms with Crippen molar-refractivity contribution in [2.75, 3.05) is 52.5 Å². The van der Waals surface area contributed by atoms with Gasteiger partial charge in [-0.05, 0) is 43.9 Å². The fourth-order valence-electron chi connectivity index (χ4n) is 4.04. The molecule has 2 aliphatic heterocycles. The van der Waals surface area contributed by atoms with E-state index in [0.29, 0.717) is 5.41 Å². The topological polar surface area (TPSA) is 27.7 Å². The summed E-state index contributed by atoms with van der Waals surface area (Å²) in [5.74, 6) is 0. The minimum absolute atomic E-state index is 0.475. The molecule has 4 aliphatic rings. The van der Waals surface area contributed by atoms with Gasteiger partial charge in [-0.3, -0.25) is 4.90 Å². The zero-order valence-electron chi connectivity index (χ0n) is 13.4. The van der Waals surface area contributed by atoms with Gasteiger partial charge in [0.15, 0.2) is 0 Å². The van der Waals surface area contributed by atoms with Crippen molar-refractivity contribution in [3.05, 3.63) is 0 Å². The first-order chi connectivity index (χ1) is 10.3. The third-order valence-corrected chi connectivity index (χ3v) is 5.93. The van der Waals surface area contributed by atoms with E-state index in [1.165, 1.54) is 77.8 Å². The first-order valence-electron chi connectivity index (χ1n) is 9.11. The van der Waals surface area contributed by atoms with Crippen molar-refractivity contribution in [3.63, 3.8) is 0 Å². The second kappa shape index (κ2) is 6.15. The number of ether oxygens (including phenoxy) is 1. The fourth-order valence-corrected chi connectivity index (χ4v) is 4.04. The molecule has 1 N–H and O–H groups in total. The Morgan fingerprint density at radius 1 is 0.952 bits per heavy atom. The van der Waals surface area contributed by atoms with Crippen LogP contribution in [0.15, 0.2) is 0 Å². The average molecular weight is 293 g/mol. The second-order valence-electron chi connectivity index (χ2n) is 7.81. The molecule has 2 aliphatic carbocycles. The summed E-state index contributed by atoms with van der Waals surface area (Å²) in [7, 11) is 0. The SMILES string of the molecule is C1CC(CNC2CC2)(CN2CCN(C3CC3)CC2)CCO1. The predicted octanol–water partition coefficient (Wildman–Crippen LogP) is 1.32. The normalized spacial score (nSPS) is 31.4. The van der Waals surface area contributed by atoms with Crippen molar-refractivity contribution in [2.45, 2.75) is 50.6 Å². The Bertz CT molecular complexity index is 340. The maximum atomic E-state index is 5.64. The van der Waals surface area contributed by atoms with E-state index in [0.717, 1.165) is 25.3 Å². The van der Waals surface area contributed by atoms with Gasteiger partial charge < -0.3 is 15.0 Å². The second-order valence-corrected chi connectivity index (χ2v) is 7.81. The predicted molar refractivity (Wildman–Crippen MR) is 84.5 cm³/mol. The molecule has 0 unspecified atom stereocenters. The number of hydrogen-bond donors (Lipinski definition) is 1. The Morgan fingerprint density at radius 3 is 2.29 bits per heavy atom. The third kappa shape index (κ3) is 3.79. The highest BCUT2D eigenvalue weighted by Crippen LogP contribution is 2.33. The fraction of sp³-hybridized carbons (Fsp3) is 1.00. The lowest BCUT2D eigenvalue weighted by Gasteiger charge is -2.44. The van der Waals surface area contributed by atoms with Gasteiger partial charge in [-0.1, -0.05) is 0 Å². The van der Waals surface area contributed by atoms with Gasteiger partial charge in [0.1, 0.15) is 0 Å². The van der Waals surface area contributed by atoms with Gasteiger partial charge in [-0.25, -0.2) is 0 Å². The Hall–Kier alpha value is -0.160. The van der Waals surface area contributed by atoms with Crippen molar-refractivity contribution < 1.29 is 4.74 Å². The summed E-state index contributed by atoms with van der Waals surface area (Å²) in [6.07, 6.45) is 8.18. The van der Waals surface area contributed by atoms with Gasteiger partial charge in [-0.2, -0.15) is 0 Å². The minimum atomic E-state index is 0.475. The van der Waals surface area contributed by atoms with Crippen LogP contribution in [0.25, 0.3) is 0 Å². The van der Waals surface area contributed by atoms with E-state index < -0.39 is 0 Å². The number of hydrogen-bond acceptors (Lipinski definition) is 4. The summed E-state index contributed by atoms with van der Waals surface area (Å²) in [4.78, 5) is 5.45. The summed E-state index contributed by atoms with van der Waals surface area (Å²) in [5.41, 5.74) is 0.475. The molecule has 0 bridgehead atoms. The first kappa shape index (κ1) is 14.4. The summed E-state index contributed by atoms with van der Waals surface area (Å²) in [5, 5.41) is 3.80. The molecule has 0 aromatic heterocycles.